The Morgan fingerprint density at radius 2 is 1.51 bits per heavy atom. The van der Waals surface area contributed by atoms with Crippen LogP contribution in [0.4, 0.5) is 10.1 Å². The molecular weight excluding hydrogens is 559 g/mol. The highest BCUT2D eigenvalue weighted by atomic mass is 35.5. The van der Waals surface area contributed by atoms with E-state index in [0.29, 0.717) is 39.3 Å². The average Bonchev–Trinajstić information content (AvgIpc) is 2.94. The number of nitrogens with zero attached hydrogens (tertiary/aromatic N) is 1. The molecule has 0 aliphatic carbocycles. The fourth-order valence-corrected chi connectivity index (χ4v) is 6.27. The van der Waals surface area contributed by atoms with E-state index >= 15 is 0 Å². The second-order valence-corrected chi connectivity index (χ2v) is 11.7. The lowest BCUT2D eigenvalue weighted by Gasteiger charge is -2.24. The Hall–Kier alpha value is -3.53. The van der Waals surface area contributed by atoms with Crippen LogP contribution in [0, 0.1) is 5.82 Å². The number of anilines is 1. The van der Waals surface area contributed by atoms with Gasteiger partial charge < -0.3 is 10.1 Å². The first-order chi connectivity index (χ1) is 18.8. The quantitative estimate of drug-likeness (QED) is 0.192. The number of para-hydroxylation sites is 1. The Morgan fingerprint density at radius 3 is 2.18 bits per heavy atom. The van der Waals surface area contributed by atoms with Crippen molar-refractivity contribution in [2.45, 2.75) is 10.6 Å². The second kappa shape index (κ2) is 13.5. The van der Waals surface area contributed by atoms with Gasteiger partial charge in [-0.25, -0.2) is 12.8 Å². The van der Waals surface area contributed by atoms with Crippen molar-refractivity contribution in [3.8, 4) is 11.5 Å². The molecule has 0 aliphatic heterocycles. The molecule has 0 spiro atoms. The van der Waals surface area contributed by atoms with Gasteiger partial charge in [-0.05, 0) is 60.7 Å². The summed E-state index contributed by atoms with van der Waals surface area (Å²) in [7, 11) is -4.03. The van der Waals surface area contributed by atoms with E-state index in [9.17, 15) is 17.6 Å². The van der Waals surface area contributed by atoms with Crippen LogP contribution in [0.25, 0.3) is 0 Å². The van der Waals surface area contributed by atoms with Crippen molar-refractivity contribution in [3.63, 3.8) is 0 Å². The van der Waals surface area contributed by atoms with Gasteiger partial charge in [0.2, 0.25) is 5.91 Å². The van der Waals surface area contributed by atoms with E-state index in [4.69, 9.17) is 16.3 Å². The number of nitrogens with one attached hydrogen (secondary N) is 1. The standard InChI is InChI=1S/C29H26ClFN2O4S2/c30-27-12-7-13-28(31)26(27)21-38-19-18-32-29(34)20-33(39(35,36)25-10-5-2-6-11-25)22-14-16-24(17-15-22)37-23-8-3-1-4-9-23/h1-17H,18-21H2,(H,32,34). The topological polar surface area (TPSA) is 75.7 Å². The maximum Gasteiger partial charge on any atom is 0.264 e. The highest BCUT2D eigenvalue weighted by molar-refractivity contribution is 7.98. The number of amides is 1. The number of halogens is 2. The number of carbonyl (C=O) groups excluding carboxylic acids is 1. The number of carbonyl (C=O) groups is 1. The molecule has 6 nitrogen and oxygen atoms in total. The molecule has 1 N–H and O–H groups in total. The molecule has 0 atom stereocenters. The van der Waals surface area contributed by atoms with Gasteiger partial charge in [0.25, 0.3) is 10.0 Å². The third kappa shape index (κ3) is 7.75. The van der Waals surface area contributed by atoms with Crippen molar-refractivity contribution in [2.75, 3.05) is 23.1 Å². The van der Waals surface area contributed by atoms with Crippen LogP contribution >= 0.6 is 23.4 Å². The summed E-state index contributed by atoms with van der Waals surface area (Å²) in [5.74, 6) is 1.18. The molecular formula is C29H26ClFN2O4S2. The van der Waals surface area contributed by atoms with Crippen molar-refractivity contribution < 1.29 is 22.3 Å². The van der Waals surface area contributed by atoms with Gasteiger partial charge in [-0.2, -0.15) is 11.8 Å². The first-order valence-corrected chi connectivity index (χ1v) is 15.0. The number of benzene rings is 4. The summed E-state index contributed by atoms with van der Waals surface area (Å²) in [5.41, 5.74) is 0.730. The third-order valence-corrected chi connectivity index (χ3v) is 8.73. The first-order valence-electron chi connectivity index (χ1n) is 12.0. The fourth-order valence-electron chi connectivity index (χ4n) is 3.63. The molecule has 4 aromatic rings. The number of thioether (sulfide) groups is 1. The molecule has 0 bridgehead atoms. The molecule has 0 heterocycles. The number of rotatable bonds is 12. The monoisotopic (exact) mass is 584 g/mol. The first kappa shape index (κ1) is 28.5. The summed E-state index contributed by atoms with van der Waals surface area (Å²) in [4.78, 5) is 12.9. The molecule has 0 fully saturated rings. The zero-order valence-electron chi connectivity index (χ0n) is 20.8. The molecule has 0 aliphatic rings. The van der Waals surface area contributed by atoms with E-state index < -0.39 is 22.5 Å². The fraction of sp³-hybridized carbons (Fsp3) is 0.138. The van der Waals surface area contributed by atoms with E-state index in [1.54, 1.807) is 54.6 Å². The van der Waals surface area contributed by atoms with Crippen molar-refractivity contribution in [3.05, 3.63) is 120 Å². The van der Waals surface area contributed by atoms with Gasteiger partial charge in [0.1, 0.15) is 23.9 Å². The van der Waals surface area contributed by atoms with Gasteiger partial charge in [-0.1, -0.05) is 54.1 Å². The molecule has 0 aromatic heterocycles. The van der Waals surface area contributed by atoms with E-state index in [1.807, 2.05) is 30.3 Å². The molecule has 39 heavy (non-hydrogen) atoms. The molecule has 4 rings (SSSR count). The van der Waals surface area contributed by atoms with Crippen LogP contribution in [0.5, 0.6) is 11.5 Å². The van der Waals surface area contributed by atoms with Gasteiger partial charge in [0.15, 0.2) is 0 Å². The summed E-state index contributed by atoms with van der Waals surface area (Å²) < 4.78 is 47.8. The summed E-state index contributed by atoms with van der Waals surface area (Å²) >= 11 is 7.47. The van der Waals surface area contributed by atoms with Gasteiger partial charge >= 0.3 is 0 Å². The van der Waals surface area contributed by atoms with Gasteiger partial charge in [-0.3, -0.25) is 9.10 Å². The van der Waals surface area contributed by atoms with Gasteiger partial charge in [-0.15, -0.1) is 0 Å². The predicted molar refractivity (Wildman–Crippen MR) is 155 cm³/mol. The van der Waals surface area contributed by atoms with Crippen LogP contribution in [-0.2, 0) is 20.6 Å². The summed E-state index contributed by atoms with van der Waals surface area (Å²) in [6.45, 7) is -0.140. The zero-order valence-corrected chi connectivity index (χ0v) is 23.2. The van der Waals surface area contributed by atoms with E-state index in [2.05, 4.69) is 5.32 Å². The predicted octanol–water partition coefficient (Wildman–Crippen LogP) is 6.52. The molecule has 4 aromatic carbocycles. The Kier molecular flexibility index (Phi) is 9.86. The highest BCUT2D eigenvalue weighted by Gasteiger charge is 2.27. The number of hydrogen-bond donors (Lipinski definition) is 1. The lowest BCUT2D eigenvalue weighted by Crippen LogP contribution is -2.41. The lowest BCUT2D eigenvalue weighted by atomic mass is 10.2. The molecule has 0 saturated carbocycles. The zero-order chi connectivity index (χ0) is 27.7. The van der Waals surface area contributed by atoms with Crippen LogP contribution in [0.3, 0.4) is 0 Å². The minimum absolute atomic E-state index is 0.0692. The van der Waals surface area contributed by atoms with E-state index in [0.717, 1.165) is 4.31 Å². The molecule has 0 radical (unpaired) electrons. The lowest BCUT2D eigenvalue weighted by molar-refractivity contribution is -0.119. The molecule has 202 valence electrons. The van der Waals surface area contributed by atoms with Crippen molar-refractivity contribution >= 4 is 45.0 Å². The maximum absolute atomic E-state index is 13.9. The summed E-state index contributed by atoms with van der Waals surface area (Å²) in [6, 6.07) is 28.2. The molecule has 0 unspecified atom stereocenters. The van der Waals surface area contributed by atoms with Crippen LogP contribution in [0.2, 0.25) is 5.02 Å². The number of ether oxygens (including phenoxy) is 1. The van der Waals surface area contributed by atoms with E-state index in [1.165, 1.54) is 30.0 Å². The Balaban J connectivity index is 1.42. The summed E-state index contributed by atoms with van der Waals surface area (Å²) in [5, 5.41) is 3.10. The average molecular weight is 585 g/mol. The minimum atomic E-state index is -4.03. The van der Waals surface area contributed by atoms with Crippen LogP contribution in [0.15, 0.2) is 108 Å². The van der Waals surface area contributed by atoms with E-state index in [-0.39, 0.29) is 17.3 Å². The maximum atomic E-state index is 13.9. The van der Waals surface area contributed by atoms with Crippen LogP contribution < -0.4 is 14.4 Å². The highest BCUT2D eigenvalue weighted by Crippen LogP contribution is 2.28. The van der Waals surface area contributed by atoms with Gasteiger partial charge in [0.05, 0.1) is 10.6 Å². The van der Waals surface area contributed by atoms with Crippen molar-refractivity contribution in [1.82, 2.24) is 5.32 Å². The largest absolute Gasteiger partial charge is 0.457 e. The molecule has 0 saturated heterocycles. The summed E-state index contributed by atoms with van der Waals surface area (Å²) in [6.07, 6.45) is 0. The van der Waals surface area contributed by atoms with Crippen LogP contribution in [-0.4, -0.2) is 33.2 Å². The van der Waals surface area contributed by atoms with Crippen molar-refractivity contribution in [2.24, 2.45) is 0 Å². The SMILES string of the molecule is O=C(CN(c1ccc(Oc2ccccc2)cc1)S(=O)(=O)c1ccccc1)NCCSCc1c(F)cccc1Cl. The Labute approximate surface area is 236 Å². The molecule has 1 amide bonds. The second-order valence-electron chi connectivity index (χ2n) is 8.34. The smallest absolute Gasteiger partial charge is 0.264 e. The Bertz CT molecular complexity index is 1470. The van der Waals surface area contributed by atoms with Crippen molar-refractivity contribution in [1.29, 1.82) is 0 Å². The Morgan fingerprint density at radius 1 is 0.872 bits per heavy atom. The van der Waals surface area contributed by atoms with Gasteiger partial charge in [0, 0.05) is 28.6 Å². The number of hydrogen-bond acceptors (Lipinski definition) is 5. The molecule has 10 heteroatoms. The normalized spacial score (nSPS) is 11.1. The van der Waals surface area contributed by atoms with Crippen LogP contribution in [0.1, 0.15) is 5.56 Å². The number of sulfonamides is 1. The third-order valence-electron chi connectivity index (χ3n) is 5.60. The minimum Gasteiger partial charge on any atom is -0.457 e.